The summed E-state index contributed by atoms with van der Waals surface area (Å²) in [5, 5.41) is 15.4. The number of halogens is 1. The Balaban J connectivity index is 1.55. The summed E-state index contributed by atoms with van der Waals surface area (Å²) in [5.41, 5.74) is 2.39. The van der Waals surface area contributed by atoms with Crippen LogP contribution in [0.1, 0.15) is 24.1 Å². The van der Waals surface area contributed by atoms with Crippen molar-refractivity contribution in [2.75, 3.05) is 17.2 Å². The lowest BCUT2D eigenvalue weighted by Crippen LogP contribution is -2.12. The van der Waals surface area contributed by atoms with Gasteiger partial charge in [0.2, 0.25) is 5.95 Å². The number of hydrogen-bond donors (Lipinski definition) is 2. The summed E-state index contributed by atoms with van der Waals surface area (Å²) in [6, 6.07) is 18.1. The molecule has 0 bridgehead atoms. The molecule has 1 aromatic heterocycles. The molecule has 0 aliphatic rings. The van der Waals surface area contributed by atoms with Gasteiger partial charge in [-0.15, -0.1) is 5.10 Å². The van der Waals surface area contributed by atoms with Gasteiger partial charge in [0.05, 0.1) is 12.2 Å². The second kappa shape index (κ2) is 8.44. The first-order valence-electron chi connectivity index (χ1n) is 8.20. The van der Waals surface area contributed by atoms with Gasteiger partial charge in [0.15, 0.2) is 5.82 Å². The summed E-state index contributed by atoms with van der Waals surface area (Å²) in [7, 11) is 0. The zero-order chi connectivity index (χ0) is 17.5. The highest BCUT2D eigenvalue weighted by Crippen LogP contribution is 2.16. The maximum absolute atomic E-state index is 5.90. The molecule has 1 heterocycles. The highest BCUT2D eigenvalue weighted by molar-refractivity contribution is 6.30. The van der Waals surface area contributed by atoms with E-state index < -0.39 is 0 Å². The van der Waals surface area contributed by atoms with Gasteiger partial charge in [-0.25, -0.2) is 0 Å². The molecule has 1 atom stereocenters. The molecule has 0 amide bonds. The Hall–Kier alpha value is -2.66. The summed E-state index contributed by atoms with van der Waals surface area (Å²) in [6.07, 6.45) is 2.50. The molecule has 0 fully saturated rings. The normalized spacial score (nSPS) is 11.8. The van der Waals surface area contributed by atoms with Gasteiger partial charge in [-0.1, -0.05) is 54.1 Å². The van der Waals surface area contributed by atoms with Crippen molar-refractivity contribution in [3.63, 3.8) is 0 Å². The molecular weight excluding hydrogens is 334 g/mol. The number of hydrogen-bond acceptors (Lipinski definition) is 5. The van der Waals surface area contributed by atoms with Crippen LogP contribution in [0.4, 0.5) is 11.8 Å². The Labute approximate surface area is 152 Å². The maximum Gasteiger partial charge on any atom is 0.245 e. The fourth-order valence-electron chi connectivity index (χ4n) is 2.45. The lowest BCUT2D eigenvalue weighted by molar-refractivity contribution is 0.838. The Morgan fingerprint density at radius 3 is 2.56 bits per heavy atom. The molecule has 2 aromatic carbocycles. The first kappa shape index (κ1) is 17.2. The van der Waals surface area contributed by atoms with E-state index in [1.54, 1.807) is 6.20 Å². The van der Waals surface area contributed by atoms with Crippen molar-refractivity contribution in [3.05, 3.63) is 76.9 Å². The van der Waals surface area contributed by atoms with E-state index in [1.807, 2.05) is 42.5 Å². The van der Waals surface area contributed by atoms with E-state index >= 15 is 0 Å². The lowest BCUT2D eigenvalue weighted by Gasteiger charge is -2.14. The summed E-state index contributed by atoms with van der Waals surface area (Å²) in [6.45, 7) is 2.83. The van der Waals surface area contributed by atoms with Gasteiger partial charge >= 0.3 is 0 Å². The summed E-state index contributed by atoms with van der Waals surface area (Å²) < 4.78 is 0. The molecule has 128 valence electrons. The number of anilines is 2. The van der Waals surface area contributed by atoms with E-state index in [9.17, 15) is 0 Å². The molecule has 0 saturated heterocycles. The number of aromatic nitrogens is 3. The SMILES string of the molecule is CC(Nc1nncc(NCCc2ccc(Cl)cc2)n1)c1ccccc1. The van der Waals surface area contributed by atoms with Crippen LogP contribution >= 0.6 is 11.6 Å². The number of benzene rings is 2. The fraction of sp³-hybridized carbons (Fsp3) is 0.211. The number of nitrogens with zero attached hydrogens (tertiary/aromatic N) is 3. The molecular formula is C19H20ClN5. The minimum absolute atomic E-state index is 0.104. The third-order valence-corrected chi connectivity index (χ3v) is 4.09. The van der Waals surface area contributed by atoms with Gasteiger partial charge in [-0.3, -0.25) is 0 Å². The molecule has 1 unspecified atom stereocenters. The summed E-state index contributed by atoms with van der Waals surface area (Å²) in [4.78, 5) is 4.47. The van der Waals surface area contributed by atoms with Crippen molar-refractivity contribution in [1.82, 2.24) is 15.2 Å². The van der Waals surface area contributed by atoms with Crippen molar-refractivity contribution < 1.29 is 0 Å². The van der Waals surface area contributed by atoms with Gasteiger partial charge in [0.1, 0.15) is 0 Å². The smallest absolute Gasteiger partial charge is 0.245 e. The second-order valence-corrected chi connectivity index (χ2v) is 6.18. The van der Waals surface area contributed by atoms with Crippen LogP contribution in [-0.2, 0) is 6.42 Å². The average Bonchev–Trinajstić information content (AvgIpc) is 2.64. The first-order chi connectivity index (χ1) is 12.2. The highest BCUT2D eigenvalue weighted by atomic mass is 35.5. The third kappa shape index (κ3) is 5.16. The van der Waals surface area contributed by atoms with Crippen LogP contribution in [0.3, 0.4) is 0 Å². The lowest BCUT2D eigenvalue weighted by atomic mass is 10.1. The van der Waals surface area contributed by atoms with Crippen molar-refractivity contribution in [3.8, 4) is 0 Å². The van der Waals surface area contributed by atoms with Gasteiger partial charge in [-0.05, 0) is 36.6 Å². The zero-order valence-corrected chi connectivity index (χ0v) is 14.7. The van der Waals surface area contributed by atoms with Crippen LogP contribution in [0.25, 0.3) is 0 Å². The van der Waals surface area contributed by atoms with Crippen LogP contribution in [-0.4, -0.2) is 21.7 Å². The molecule has 2 N–H and O–H groups in total. The number of nitrogens with one attached hydrogen (secondary N) is 2. The summed E-state index contributed by atoms with van der Waals surface area (Å²) in [5.74, 6) is 1.21. The van der Waals surface area contributed by atoms with Crippen LogP contribution in [0.2, 0.25) is 5.02 Å². The molecule has 0 saturated carbocycles. The second-order valence-electron chi connectivity index (χ2n) is 5.75. The van der Waals surface area contributed by atoms with Gasteiger partial charge in [-0.2, -0.15) is 10.1 Å². The van der Waals surface area contributed by atoms with E-state index in [0.29, 0.717) is 11.8 Å². The monoisotopic (exact) mass is 353 g/mol. The number of rotatable bonds is 7. The Bertz CT molecular complexity index is 792. The Kier molecular flexibility index (Phi) is 5.80. The molecule has 5 nitrogen and oxygen atoms in total. The van der Waals surface area contributed by atoms with Gasteiger partial charge < -0.3 is 10.6 Å². The minimum atomic E-state index is 0.104. The topological polar surface area (TPSA) is 62.7 Å². The van der Waals surface area contributed by atoms with Crippen LogP contribution in [0.15, 0.2) is 60.8 Å². The van der Waals surface area contributed by atoms with E-state index in [4.69, 9.17) is 11.6 Å². The van der Waals surface area contributed by atoms with E-state index in [2.05, 4.69) is 44.9 Å². The van der Waals surface area contributed by atoms with E-state index in [-0.39, 0.29) is 6.04 Å². The van der Waals surface area contributed by atoms with Crippen LogP contribution < -0.4 is 10.6 Å². The summed E-state index contributed by atoms with van der Waals surface area (Å²) >= 11 is 5.90. The van der Waals surface area contributed by atoms with Crippen molar-refractivity contribution in [1.29, 1.82) is 0 Å². The van der Waals surface area contributed by atoms with Gasteiger partial charge in [0.25, 0.3) is 0 Å². The molecule has 0 aliphatic heterocycles. The molecule has 0 spiro atoms. The van der Waals surface area contributed by atoms with Crippen molar-refractivity contribution in [2.45, 2.75) is 19.4 Å². The largest absolute Gasteiger partial charge is 0.368 e. The van der Waals surface area contributed by atoms with Crippen LogP contribution in [0.5, 0.6) is 0 Å². The molecule has 0 radical (unpaired) electrons. The molecule has 6 heteroatoms. The predicted octanol–water partition coefficient (Wildman–Crippen LogP) is 4.35. The van der Waals surface area contributed by atoms with E-state index in [0.717, 1.165) is 18.0 Å². The highest BCUT2D eigenvalue weighted by Gasteiger charge is 2.07. The Morgan fingerprint density at radius 1 is 1.04 bits per heavy atom. The van der Waals surface area contributed by atoms with Crippen molar-refractivity contribution >= 4 is 23.4 Å². The van der Waals surface area contributed by atoms with Gasteiger partial charge in [0, 0.05) is 11.6 Å². The van der Waals surface area contributed by atoms with E-state index in [1.165, 1.54) is 11.1 Å². The average molecular weight is 354 g/mol. The zero-order valence-electron chi connectivity index (χ0n) is 14.0. The Morgan fingerprint density at radius 2 is 1.80 bits per heavy atom. The first-order valence-corrected chi connectivity index (χ1v) is 8.58. The molecule has 3 rings (SSSR count). The standard InChI is InChI=1S/C19H20ClN5/c1-14(16-5-3-2-4-6-16)23-19-24-18(13-22-25-19)21-12-11-15-7-9-17(20)10-8-15/h2-10,13-14H,11-12H2,1H3,(H2,21,23,24,25). The quantitative estimate of drug-likeness (QED) is 0.661. The van der Waals surface area contributed by atoms with Crippen LogP contribution in [0, 0.1) is 0 Å². The maximum atomic E-state index is 5.90. The molecule has 0 aliphatic carbocycles. The van der Waals surface area contributed by atoms with Crippen molar-refractivity contribution in [2.24, 2.45) is 0 Å². The molecule has 3 aromatic rings. The molecule has 25 heavy (non-hydrogen) atoms. The minimum Gasteiger partial charge on any atom is -0.368 e. The fourth-order valence-corrected chi connectivity index (χ4v) is 2.58. The third-order valence-electron chi connectivity index (χ3n) is 3.84. The predicted molar refractivity (Wildman–Crippen MR) is 102 cm³/mol.